The van der Waals surface area contributed by atoms with Crippen molar-refractivity contribution in [3.05, 3.63) is 63.5 Å². The van der Waals surface area contributed by atoms with Crippen molar-refractivity contribution >= 4 is 23.2 Å². The van der Waals surface area contributed by atoms with E-state index in [0.717, 1.165) is 10.3 Å². The van der Waals surface area contributed by atoms with E-state index in [2.05, 4.69) is 0 Å². The molecule has 18 heavy (non-hydrogen) atoms. The van der Waals surface area contributed by atoms with Crippen LogP contribution in [0.1, 0.15) is 5.56 Å². The average molecular weight is 284 g/mol. The topological polar surface area (TPSA) is 36.2 Å². The normalized spacial score (nSPS) is 10.3. The van der Waals surface area contributed by atoms with Crippen LogP contribution in [-0.2, 0) is 6.42 Å². The standard InChI is InChI=1S/C13H11Cl2NO2/c14-11-4-1-5-12(13(11)15)18-8-6-10-3-2-7-16(17)9-10/h1-5,7,9H,6,8H2. The van der Waals surface area contributed by atoms with Crippen LogP contribution in [0.4, 0.5) is 0 Å². The molecular weight excluding hydrogens is 273 g/mol. The molecule has 0 saturated carbocycles. The molecule has 0 aliphatic heterocycles. The summed E-state index contributed by atoms with van der Waals surface area (Å²) in [7, 11) is 0. The maximum absolute atomic E-state index is 11.1. The fraction of sp³-hybridized carbons (Fsp3) is 0.154. The fourth-order valence-corrected chi connectivity index (χ4v) is 1.87. The third-order valence-electron chi connectivity index (χ3n) is 2.40. The van der Waals surface area contributed by atoms with Gasteiger partial charge in [0.2, 0.25) is 0 Å². The zero-order valence-corrected chi connectivity index (χ0v) is 11.0. The molecule has 0 aliphatic rings. The van der Waals surface area contributed by atoms with E-state index >= 15 is 0 Å². The van der Waals surface area contributed by atoms with E-state index in [-0.39, 0.29) is 0 Å². The summed E-state index contributed by atoms with van der Waals surface area (Å²) in [6.07, 6.45) is 3.59. The van der Waals surface area contributed by atoms with Crippen molar-refractivity contribution in [2.24, 2.45) is 0 Å². The molecule has 0 amide bonds. The number of nitrogens with zero attached hydrogens (tertiary/aromatic N) is 1. The zero-order chi connectivity index (χ0) is 13.0. The van der Waals surface area contributed by atoms with Crippen LogP contribution in [0.3, 0.4) is 0 Å². The lowest BCUT2D eigenvalue weighted by Gasteiger charge is -2.08. The van der Waals surface area contributed by atoms with Crippen molar-refractivity contribution in [2.75, 3.05) is 6.61 Å². The van der Waals surface area contributed by atoms with E-state index in [1.807, 2.05) is 6.07 Å². The van der Waals surface area contributed by atoms with Crippen molar-refractivity contribution in [1.29, 1.82) is 0 Å². The fourth-order valence-electron chi connectivity index (χ4n) is 1.52. The predicted molar refractivity (Wildman–Crippen MR) is 71.1 cm³/mol. The molecule has 5 heteroatoms. The molecule has 1 heterocycles. The van der Waals surface area contributed by atoms with E-state index < -0.39 is 0 Å². The molecule has 1 aromatic carbocycles. The number of halogens is 2. The SMILES string of the molecule is [O-][n+]1cccc(CCOc2cccc(Cl)c2Cl)c1. The van der Waals surface area contributed by atoms with Crippen LogP contribution in [0.25, 0.3) is 0 Å². The second kappa shape index (κ2) is 5.94. The summed E-state index contributed by atoms with van der Waals surface area (Å²) < 4.78 is 6.30. The summed E-state index contributed by atoms with van der Waals surface area (Å²) >= 11 is 11.9. The highest BCUT2D eigenvalue weighted by Crippen LogP contribution is 2.31. The van der Waals surface area contributed by atoms with Gasteiger partial charge in [-0.3, -0.25) is 0 Å². The summed E-state index contributed by atoms with van der Waals surface area (Å²) in [5, 5.41) is 11.9. The molecule has 94 valence electrons. The van der Waals surface area contributed by atoms with Gasteiger partial charge in [0.15, 0.2) is 12.4 Å². The Balaban J connectivity index is 1.94. The predicted octanol–water partition coefficient (Wildman–Crippen LogP) is 3.25. The first kappa shape index (κ1) is 13.0. The number of hydrogen-bond donors (Lipinski definition) is 0. The Morgan fingerprint density at radius 2 is 2.00 bits per heavy atom. The van der Waals surface area contributed by atoms with Gasteiger partial charge in [0.05, 0.1) is 11.6 Å². The molecular formula is C13H11Cl2NO2. The highest BCUT2D eigenvalue weighted by molar-refractivity contribution is 6.42. The third-order valence-corrected chi connectivity index (χ3v) is 3.20. The lowest BCUT2D eigenvalue weighted by atomic mass is 10.2. The molecule has 0 fully saturated rings. The van der Waals surface area contributed by atoms with Crippen molar-refractivity contribution in [3.63, 3.8) is 0 Å². The van der Waals surface area contributed by atoms with Crippen LogP contribution in [0.15, 0.2) is 42.7 Å². The van der Waals surface area contributed by atoms with Crippen LogP contribution in [0, 0.1) is 5.21 Å². The van der Waals surface area contributed by atoms with Gasteiger partial charge >= 0.3 is 0 Å². The van der Waals surface area contributed by atoms with Crippen LogP contribution in [0.2, 0.25) is 10.0 Å². The smallest absolute Gasteiger partial charge is 0.183 e. The Bertz CT molecular complexity index is 546. The lowest BCUT2D eigenvalue weighted by molar-refractivity contribution is -0.605. The molecule has 0 saturated heterocycles. The van der Waals surface area contributed by atoms with Gasteiger partial charge in [-0.25, -0.2) is 0 Å². The van der Waals surface area contributed by atoms with Gasteiger partial charge in [-0.2, -0.15) is 4.73 Å². The van der Waals surface area contributed by atoms with E-state index in [1.54, 1.807) is 24.3 Å². The van der Waals surface area contributed by atoms with Gasteiger partial charge in [0.1, 0.15) is 10.8 Å². The quantitative estimate of drug-likeness (QED) is 0.638. The minimum atomic E-state index is 0.408. The van der Waals surface area contributed by atoms with Crippen LogP contribution < -0.4 is 9.47 Å². The van der Waals surface area contributed by atoms with Crippen molar-refractivity contribution in [2.45, 2.75) is 6.42 Å². The zero-order valence-electron chi connectivity index (χ0n) is 9.48. The first-order valence-corrected chi connectivity index (χ1v) is 6.17. The highest BCUT2D eigenvalue weighted by atomic mass is 35.5. The molecule has 0 bridgehead atoms. The summed E-state index contributed by atoms with van der Waals surface area (Å²) in [6, 6.07) is 8.81. The van der Waals surface area contributed by atoms with Crippen LogP contribution >= 0.6 is 23.2 Å². The minimum absolute atomic E-state index is 0.408. The Hall–Kier alpha value is -1.45. The van der Waals surface area contributed by atoms with Gasteiger partial charge in [0, 0.05) is 18.1 Å². The third kappa shape index (κ3) is 3.28. The summed E-state index contributed by atoms with van der Waals surface area (Å²) in [4.78, 5) is 0. The number of aromatic nitrogens is 1. The Labute approximate surface area is 115 Å². The first-order chi connectivity index (χ1) is 8.66. The van der Waals surface area contributed by atoms with Crippen LogP contribution in [-0.4, -0.2) is 6.61 Å². The Morgan fingerprint density at radius 3 is 2.78 bits per heavy atom. The molecule has 0 spiro atoms. The van der Waals surface area contributed by atoms with E-state index in [4.69, 9.17) is 27.9 Å². The maximum atomic E-state index is 11.1. The van der Waals surface area contributed by atoms with Gasteiger partial charge < -0.3 is 9.94 Å². The summed E-state index contributed by atoms with van der Waals surface area (Å²) in [6.45, 7) is 0.435. The molecule has 1 aromatic heterocycles. The average Bonchev–Trinajstić information content (AvgIpc) is 2.35. The van der Waals surface area contributed by atoms with Gasteiger partial charge in [-0.1, -0.05) is 29.3 Å². The van der Waals surface area contributed by atoms with Crippen molar-refractivity contribution < 1.29 is 9.47 Å². The van der Waals surface area contributed by atoms with Gasteiger partial charge in [-0.05, 0) is 18.2 Å². The summed E-state index contributed by atoms with van der Waals surface area (Å²) in [5.74, 6) is 0.551. The van der Waals surface area contributed by atoms with Crippen LogP contribution in [0.5, 0.6) is 5.75 Å². The monoisotopic (exact) mass is 283 g/mol. The summed E-state index contributed by atoms with van der Waals surface area (Å²) in [5.41, 5.74) is 0.908. The largest absolute Gasteiger partial charge is 0.619 e. The highest BCUT2D eigenvalue weighted by Gasteiger charge is 2.05. The minimum Gasteiger partial charge on any atom is -0.619 e. The maximum Gasteiger partial charge on any atom is 0.183 e. The van der Waals surface area contributed by atoms with E-state index in [0.29, 0.717) is 28.8 Å². The Kier molecular flexibility index (Phi) is 4.28. The van der Waals surface area contributed by atoms with Gasteiger partial charge in [-0.15, -0.1) is 0 Å². The molecule has 0 unspecified atom stereocenters. The molecule has 2 rings (SSSR count). The van der Waals surface area contributed by atoms with Crippen molar-refractivity contribution in [1.82, 2.24) is 0 Å². The number of rotatable bonds is 4. The Morgan fingerprint density at radius 1 is 1.17 bits per heavy atom. The lowest BCUT2D eigenvalue weighted by Crippen LogP contribution is -2.25. The first-order valence-electron chi connectivity index (χ1n) is 5.41. The second-order valence-corrected chi connectivity index (χ2v) is 4.51. The number of ether oxygens (including phenoxy) is 1. The van der Waals surface area contributed by atoms with E-state index in [1.165, 1.54) is 12.4 Å². The molecule has 3 nitrogen and oxygen atoms in total. The molecule has 0 atom stereocenters. The van der Waals surface area contributed by atoms with Crippen molar-refractivity contribution in [3.8, 4) is 5.75 Å². The molecule has 2 aromatic rings. The molecule has 0 N–H and O–H groups in total. The second-order valence-electron chi connectivity index (χ2n) is 3.72. The number of pyridine rings is 1. The van der Waals surface area contributed by atoms with E-state index in [9.17, 15) is 5.21 Å². The molecule has 0 radical (unpaired) electrons. The molecule has 0 aliphatic carbocycles. The number of benzene rings is 1. The number of hydrogen-bond acceptors (Lipinski definition) is 2. The van der Waals surface area contributed by atoms with Gasteiger partial charge in [0.25, 0.3) is 0 Å².